The first-order valence-electron chi connectivity index (χ1n) is 7.08. The van der Waals surface area contributed by atoms with Crippen LogP contribution in [-0.4, -0.2) is 24.1 Å². The van der Waals surface area contributed by atoms with Crippen LogP contribution in [0.15, 0.2) is 41.0 Å². The summed E-state index contributed by atoms with van der Waals surface area (Å²) in [6.07, 6.45) is 1.16. The number of furan rings is 1. The molecule has 0 aliphatic carbocycles. The first-order valence-corrected chi connectivity index (χ1v) is 7.08. The zero-order chi connectivity index (χ0) is 17.0. The van der Waals surface area contributed by atoms with E-state index in [2.05, 4.69) is 5.32 Å². The lowest BCUT2D eigenvalue weighted by Crippen LogP contribution is -2.45. The molecule has 0 fully saturated rings. The maximum absolute atomic E-state index is 12.5. The van der Waals surface area contributed by atoms with Crippen LogP contribution in [0.3, 0.4) is 0 Å². The lowest BCUT2D eigenvalue weighted by Gasteiger charge is -2.30. The molecule has 1 amide bonds. The highest BCUT2D eigenvalue weighted by molar-refractivity contribution is 5.95. The highest BCUT2D eigenvalue weighted by Gasteiger charge is 2.32. The van der Waals surface area contributed by atoms with E-state index in [1.54, 1.807) is 44.2 Å². The molecule has 0 saturated carbocycles. The van der Waals surface area contributed by atoms with E-state index in [9.17, 15) is 14.7 Å². The first kappa shape index (κ1) is 16.6. The van der Waals surface area contributed by atoms with Crippen LogP contribution in [0, 0.1) is 6.92 Å². The summed E-state index contributed by atoms with van der Waals surface area (Å²) < 4.78 is 10.3. The summed E-state index contributed by atoms with van der Waals surface area (Å²) in [5.74, 6) is -0.332. The number of benzene rings is 1. The van der Waals surface area contributed by atoms with Gasteiger partial charge in [0.25, 0.3) is 5.91 Å². The van der Waals surface area contributed by atoms with Crippen molar-refractivity contribution in [2.24, 2.45) is 0 Å². The molecule has 23 heavy (non-hydrogen) atoms. The molecule has 1 aromatic carbocycles. The fourth-order valence-corrected chi connectivity index (χ4v) is 2.43. The van der Waals surface area contributed by atoms with E-state index in [4.69, 9.17) is 9.15 Å². The Balaban J connectivity index is 2.37. The maximum atomic E-state index is 12.5. The summed E-state index contributed by atoms with van der Waals surface area (Å²) in [7, 11) is 1.53. The number of methoxy groups -OCH3 is 1. The number of ether oxygens (including phenoxy) is 1. The standard InChI is InChI=1S/C17H19NO5/c1-11-14(7-8-23-11)16(21)18-17(2,10-15(19)20)12-5-4-6-13(9-12)22-3/h4-9H,10H2,1-3H3,(H,18,21)(H,19,20). The van der Waals surface area contributed by atoms with E-state index < -0.39 is 11.5 Å². The summed E-state index contributed by atoms with van der Waals surface area (Å²) in [5, 5.41) is 12.0. The molecule has 0 radical (unpaired) electrons. The molecule has 2 aromatic rings. The largest absolute Gasteiger partial charge is 0.497 e. The van der Waals surface area contributed by atoms with Crippen LogP contribution >= 0.6 is 0 Å². The monoisotopic (exact) mass is 317 g/mol. The number of carbonyl (C=O) groups is 2. The second-order valence-corrected chi connectivity index (χ2v) is 5.48. The second kappa shape index (κ2) is 6.56. The Morgan fingerprint density at radius 1 is 1.35 bits per heavy atom. The van der Waals surface area contributed by atoms with Crippen molar-refractivity contribution < 1.29 is 23.8 Å². The van der Waals surface area contributed by atoms with Gasteiger partial charge in [-0.05, 0) is 37.6 Å². The average molecular weight is 317 g/mol. The Bertz CT molecular complexity index is 721. The number of amides is 1. The second-order valence-electron chi connectivity index (χ2n) is 5.48. The van der Waals surface area contributed by atoms with Gasteiger partial charge in [0, 0.05) is 0 Å². The quantitative estimate of drug-likeness (QED) is 0.855. The fraction of sp³-hybridized carbons (Fsp3) is 0.294. The molecule has 0 spiro atoms. The molecule has 122 valence electrons. The third-order valence-corrected chi connectivity index (χ3v) is 3.70. The predicted octanol–water partition coefficient (Wildman–Crippen LogP) is 2.72. The topological polar surface area (TPSA) is 88.8 Å². The minimum absolute atomic E-state index is 0.261. The number of aliphatic carboxylic acids is 1. The van der Waals surface area contributed by atoms with Crippen molar-refractivity contribution in [2.45, 2.75) is 25.8 Å². The number of aryl methyl sites for hydroxylation is 1. The number of hydrogen-bond donors (Lipinski definition) is 2. The van der Waals surface area contributed by atoms with Crippen molar-refractivity contribution in [3.8, 4) is 5.75 Å². The van der Waals surface area contributed by atoms with Gasteiger partial charge < -0.3 is 19.6 Å². The van der Waals surface area contributed by atoms with Crippen molar-refractivity contribution in [1.29, 1.82) is 0 Å². The van der Waals surface area contributed by atoms with Crippen molar-refractivity contribution in [3.63, 3.8) is 0 Å². The van der Waals surface area contributed by atoms with Crippen LogP contribution in [0.5, 0.6) is 5.75 Å². The summed E-state index contributed by atoms with van der Waals surface area (Å²) in [6, 6.07) is 8.53. The number of nitrogens with one attached hydrogen (secondary N) is 1. The minimum Gasteiger partial charge on any atom is -0.497 e. The molecule has 0 aliphatic heterocycles. The molecule has 6 nitrogen and oxygen atoms in total. The lowest BCUT2D eigenvalue weighted by molar-refractivity contribution is -0.138. The van der Waals surface area contributed by atoms with Gasteiger partial charge in [0.1, 0.15) is 11.5 Å². The summed E-state index contributed by atoms with van der Waals surface area (Å²) >= 11 is 0. The van der Waals surface area contributed by atoms with Gasteiger partial charge in [0.15, 0.2) is 0 Å². The van der Waals surface area contributed by atoms with E-state index in [0.29, 0.717) is 22.6 Å². The van der Waals surface area contributed by atoms with E-state index >= 15 is 0 Å². The third kappa shape index (κ3) is 3.71. The zero-order valence-corrected chi connectivity index (χ0v) is 13.3. The SMILES string of the molecule is COc1cccc(C(C)(CC(=O)O)NC(=O)c2ccoc2C)c1. The Hall–Kier alpha value is -2.76. The maximum Gasteiger partial charge on any atom is 0.306 e. The first-order chi connectivity index (χ1) is 10.9. The average Bonchev–Trinajstić information content (AvgIpc) is 2.92. The van der Waals surface area contributed by atoms with Crippen LogP contribution in [0.4, 0.5) is 0 Å². The van der Waals surface area contributed by atoms with Gasteiger partial charge in [-0.1, -0.05) is 12.1 Å². The van der Waals surface area contributed by atoms with E-state index in [1.165, 1.54) is 13.4 Å². The zero-order valence-electron chi connectivity index (χ0n) is 13.3. The van der Waals surface area contributed by atoms with Crippen LogP contribution in [-0.2, 0) is 10.3 Å². The molecule has 0 aliphatic rings. The molecule has 2 N–H and O–H groups in total. The minimum atomic E-state index is -1.08. The molecule has 1 atom stereocenters. The van der Waals surface area contributed by atoms with Gasteiger partial charge in [0.05, 0.1) is 30.9 Å². The number of carboxylic acids is 1. The molecular weight excluding hydrogens is 298 g/mol. The molecular formula is C17H19NO5. The van der Waals surface area contributed by atoms with E-state index in [1.807, 2.05) is 0 Å². The summed E-state index contributed by atoms with van der Waals surface area (Å²) in [6.45, 7) is 3.35. The van der Waals surface area contributed by atoms with Gasteiger partial charge in [-0.25, -0.2) is 0 Å². The Morgan fingerprint density at radius 2 is 2.09 bits per heavy atom. The van der Waals surface area contributed by atoms with Gasteiger partial charge in [0.2, 0.25) is 0 Å². The Kier molecular flexibility index (Phi) is 4.74. The fourth-order valence-electron chi connectivity index (χ4n) is 2.43. The van der Waals surface area contributed by atoms with Crippen molar-refractivity contribution >= 4 is 11.9 Å². The predicted molar refractivity (Wildman–Crippen MR) is 83.5 cm³/mol. The smallest absolute Gasteiger partial charge is 0.306 e. The van der Waals surface area contributed by atoms with Crippen LogP contribution < -0.4 is 10.1 Å². The molecule has 1 heterocycles. The summed E-state index contributed by atoms with van der Waals surface area (Å²) in [5.41, 5.74) is -0.0560. The Labute approximate surface area is 134 Å². The van der Waals surface area contributed by atoms with Crippen LogP contribution in [0.25, 0.3) is 0 Å². The molecule has 0 bridgehead atoms. The van der Waals surface area contributed by atoms with Crippen molar-refractivity contribution in [2.75, 3.05) is 7.11 Å². The van der Waals surface area contributed by atoms with E-state index in [-0.39, 0.29) is 12.3 Å². The summed E-state index contributed by atoms with van der Waals surface area (Å²) in [4.78, 5) is 23.7. The van der Waals surface area contributed by atoms with Crippen molar-refractivity contribution in [1.82, 2.24) is 5.32 Å². The van der Waals surface area contributed by atoms with Gasteiger partial charge in [-0.15, -0.1) is 0 Å². The van der Waals surface area contributed by atoms with Gasteiger partial charge in [-0.3, -0.25) is 9.59 Å². The van der Waals surface area contributed by atoms with Crippen molar-refractivity contribution in [3.05, 3.63) is 53.5 Å². The number of carboxylic acid groups (broad SMARTS) is 1. The van der Waals surface area contributed by atoms with Gasteiger partial charge in [-0.2, -0.15) is 0 Å². The molecule has 1 unspecified atom stereocenters. The van der Waals surface area contributed by atoms with Gasteiger partial charge >= 0.3 is 5.97 Å². The number of rotatable bonds is 6. The number of carbonyl (C=O) groups excluding carboxylic acids is 1. The molecule has 1 aromatic heterocycles. The Morgan fingerprint density at radius 3 is 2.65 bits per heavy atom. The highest BCUT2D eigenvalue weighted by Crippen LogP contribution is 2.28. The third-order valence-electron chi connectivity index (χ3n) is 3.70. The highest BCUT2D eigenvalue weighted by atomic mass is 16.5. The van der Waals surface area contributed by atoms with E-state index in [0.717, 1.165) is 0 Å². The van der Waals surface area contributed by atoms with Crippen LogP contribution in [0.2, 0.25) is 0 Å². The number of hydrogen-bond acceptors (Lipinski definition) is 4. The normalized spacial score (nSPS) is 13.2. The molecule has 2 rings (SSSR count). The molecule has 6 heteroatoms. The van der Waals surface area contributed by atoms with Crippen LogP contribution in [0.1, 0.15) is 35.0 Å². The molecule has 0 saturated heterocycles. The lowest BCUT2D eigenvalue weighted by atomic mass is 9.88.